The van der Waals surface area contributed by atoms with Crippen LogP contribution in [0.25, 0.3) is 0 Å². The Bertz CT molecular complexity index is 1430. The third kappa shape index (κ3) is 6.72. The van der Waals surface area contributed by atoms with Gasteiger partial charge in [0.1, 0.15) is 12.3 Å². The summed E-state index contributed by atoms with van der Waals surface area (Å²) >= 11 is 0. The van der Waals surface area contributed by atoms with E-state index < -0.39 is 32.5 Å². The number of amides is 1. The van der Waals surface area contributed by atoms with Gasteiger partial charge in [-0.2, -0.15) is 4.31 Å². The first-order valence-electron chi connectivity index (χ1n) is 12.2. The van der Waals surface area contributed by atoms with Gasteiger partial charge in [-0.05, 0) is 74.5 Å². The highest BCUT2D eigenvalue weighted by molar-refractivity contribution is 7.92. The van der Waals surface area contributed by atoms with Gasteiger partial charge >= 0.3 is 0 Å². The van der Waals surface area contributed by atoms with Crippen LogP contribution in [0, 0.1) is 6.92 Å². The molecule has 1 amide bonds. The Kier molecular flexibility index (Phi) is 9.53. The number of benzene rings is 3. The number of ether oxygens (including phenoxy) is 1. The van der Waals surface area contributed by atoms with Crippen molar-refractivity contribution < 1.29 is 26.4 Å². The van der Waals surface area contributed by atoms with Crippen LogP contribution < -0.4 is 14.4 Å². The Morgan fingerprint density at radius 2 is 1.29 bits per heavy atom. The van der Waals surface area contributed by atoms with E-state index in [0.717, 1.165) is 9.87 Å². The van der Waals surface area contributed by atoms with Gasteiger partial charge in [0.15, 0.2) is 0 Å². The second kappa shape index (κ2) is 12.4. The fourth-order valence-electron chi connectivity index (χ4n) is 3.78. The van der Waals surface area contributed by atoms with Crippen LogP contribution in [0.4, 0.5) is 11.4 Å². The van der Waals surface area contributed by atoms with Crippen molar-refractivity contribution in [2.45, 2.75) is 37.5 Å². The van der Waals surface area contributed by atoms with E-state index in [1.807, 2.05) is 13.8 Å². The minimum absolute atomic E-state index is 0.0516. The lowest BCUT2D eigenvalue weighted by atomic mass is 10.2. The molecule has 0 radical (unpaired) electrons. The molecule has 3 aromatic rings. The molecular formula is C27H33N3O6S2. The van der Waals surface area contributed by atoms with Crippen LogP contribution in [-0.4, -0.2) is 53.3 Å². The zero-order valence-corrected chi connectivity index (χ0v) is 23.6. The molecule has 0 aliphatic rings. The fraction of sp³-hybridized carbons (Fsp3) is 0.296. The van der Waals surface area contributed by atoms with E-state index in [-0.39, 0.29) is 9.79 Å². The number of aryl methyl sites for hydroxylation is 1. The lowest BCUT2D eigenvalue weighted by Gasteiger charge is -2.24. The van der Waals surface area contributed by atoms with Crippen molar-refractivity contribution in [3.05, 3.63) is 78.4 Å². The second-order valence-corrected chi connectivity index (χ2v) is 12.2. The van der Waals surface area contributed by atoms with Crippen LogP contribution in [0.1, 0.15) is 26.3 Å². The van der Waals surface area contributed by atoms with Gasteiger partial charge in [0, 0.05) is 18.8 Å². The van der Waals surface area contributed by atoms with Gasteiger partial charge in [0.2, 0.25) is 15.9 Å². The van der Waals surface area contributed by atoms with Gasteiger partial charge in [-0.1, -0.05) is 31.5 Å². The molecule has 0 atom stereocenters. The number of rotatable bonds is 12. The minimum atomic E-state index is -4.08. The summed E-state index contributed by atoms with van der Waals surface area (Å²) in [5.74, 6) is -0.0120. The molecule has 0 aliphatic carbocycles. The molecule has 204 valence electrons. The van der Waals surface area contributed by atoms with E-state index in [1.54, 1.807) is 50.2 Å². The Morgan fingerprint density at radius 3 is 1.82 bits per heavy atom. The molecule has 0 aromatic heterocycles. The van der Waals surface area contributed by atoms with Gasteiger partial charge in [-0.15, -0.1) is 0 Å². The largest absolute Gasteiger partial charge is 0.494 e. The zero-order valence-electron chi connectivity index (χ0n) is 21.9. The molecule has 0 bridgehead atoms. The first-order valence-corrected chi connectivity index (χ1v) is 15.1. The maximum atomic E-state index is 13.6. The normalized spacial score (nSPS) is 11.8. The van der Waals surface area contributed by atoms with E-state index in [2.05, 4.69) is 5.32 Å². The Hall–Kier alpha value is -3.41. The highest BCUT2D eigenvalue weighted by Crippen LogP contribution is 2.26. The number of carbonyl (C=O) groups excluding carboxylic acids is 1. The highest BCUT2D eigenvalue weighted by atomic mass is 32.2. The maximum Gasteiger partial charge on any atom is 0.264 e. The smallest absolute Gasteiger partial charge is 0.264 e. The van der Waals surface area contributed by atoms with Crippen LogP contribution in [0.3, 0.4) is 0 Å². The fourth-order valence-corrected chi connectivity index (χ4v) is 6.66. The van der Waals surface area contributed by atoms with E-state index in [4.69, 9.17) is 4.74 Å². The molecule has 0 saturated carbocycles. The third-order valence-corrected chi connectivity index (χ3v) is 9.67. The molecule has 9 nitrogen and oxygen atoms in total. The Labute approximate surface area is 225 Å². The number of hydrogen-bond donors (Lipinski definition) is 1. The number of nitrogens with one attached hydrogen (secondary N) is 1. The van der Waals surface area contributed by atoms with Crippen molar-refractivity contribution >= 4 is 37.3 Å². The summed E-state index contributed by atoms with van der Waals surface area (Å²) < 4.78 is 60.4. The second-order valence-electron chi connectivity index (χ2n) is 8.41. The molecular weight excluding hydrogens is 526 g/mol. The molecule has 0 saturated heterocycles. The molecule has 0 aliphatic heterocycles. The molecule has 1 N–H and O–H groups in total. The summed E-state index contributed by atoms with van der Waals surface area (Å²) in [4.78, 5) is 13.2. The first kappa shape index (κ1) is 29.2. The molecule has 0 spiro atoms. The topological polar surface area (TPSA) is 113 Å². The number of sulfonamides is 2. The van der Waals surface area contributed by atoms with E-state index in [1.165, 1.54) is 40.7 Å². The number of hydrogen-bond acceptors (Lipinski definition) is 6. The summed E-state index contributed by atoms with van der Waals surface area (Å²) in [7, 11) is -7.72. The molecule has 0 unspecified atom stereocenters. The standard InChI is InChI=1S/C27H33N3O6S2/c1-5-29(6-2)37(32,33)25-18-10-22(11-19-25)28-27(31)20-30(23-12-14-24(15-13-23)36-7-3)38(34,35)26-16-8-21(4)9-17-26/h8-19H,5-7,20H2,1-4H3,(H,28,31). The Morgan fingerprint density at radius 1 is 0.763 bits per heavy atom. The number of nitrogens with zero attached hydrogens (tertiary/aromatic N) is 2. The van der Waals surface area contributed by atoms with Gasteiger partial charge in [-0.25, -0.2) is 16.8 Å². The predicted molar refractivity (Wildman–Crippen MR) is 149 cm³/mol. The molecule has 38 heavy (non-hydrogen) atoms. The summed E-state index contributed by atoms with van der Waals surface area (Å²) in [5, 5.41) is 2.66. The molecule has 3 rings (SSSR count). The lowest BCUT2D eigenvalue weighted by Crippen LogP contribution is -2.38. The minimum Gasteiger partial charge on any atom is -0.494 e. The van der Waals surface area contributed by atoms with Crippen LogP contribution in [-0.2, 0) is 24.8 Å². The predicted octanol–water partition coefficient (Wildman–Crippen LogP) is 4.26. The maximum absolute atomic E-state index is 13.6. The van der Waals surface area contributed by atoms with Crippen LogP contribution >= 0.6 is 0 Å². The molecule has 0 heterocycles. The quantitative estimate of drug-likeness (QED) is 0.355. The summed E-state index contributed by atoms with van der Waals surface area (Å²) in [6.07, 6.45) is 0. The zero-order chi connectivity index (χ0) is 27.9. The first-order chi connectivity index (χ1) is 18.0. The van der Waals surface area contributed by atoms with Crippen molar-refractivity contribution in [1.29, 1.82) is 0 Å². The summed E-state index contributed by atoms with van der Waals surface area (Å²) in [6, 6.07) is 18.6. The van der Waals surface area contributed by atoms with Gasteiger partial charge < -0.3 is 10.1 Å². The SMILES string of the molecule is CCOc1ccc(N(CC(=O)Nc2ccc(S(=O)(=O)N(CC)CC)cc2)S(=O)(=O)c2ccc(C)cc2)cc1. The van der Waals surface area contributed by atoms with Gasteiger partial charge in [-0.3, -0.25) is 9.10 Å². The third-order valence-electron chi connectivity index (χ3n) is 5.81. The molecule has 11 heteroatoms. The van der Waals surface area contributed by atoms with Gasteiger partial charge in [0.05, 0.1) is 22.1 Å². The number of anilines is 2. The van der Waals surface area contributed by atoms with Crippen LogP contribution in [0.15, 0.2) is 82.6 Å². The summed E-state index contributed by atoms with van der Waals surface area (Å²) in [6.45, 7) is 7.87. The van der Waals surface area contributed by atoms with E-state index in [0.29, 0.717) is 36.8 Å². The van der Waals surface area contributed by atoms with Crippen LogP contribution in [0.5, 0.6) is 5.75 Å². The average Bonchev–Trinajstić information content (AvgIpc) is 2.89. The van der Waals surface area contributed by atoms with Crippen molar-refractivity contribution in [1.82, 2.24) is 4.31 Å². The van der Waals surface area contributed by atoms with E-state index in [9.17, 15) is 21.6 Å². The molecule has 0 fully saturated rings. The van der Waals surface area contributed by atoms with Crippen molar-refractivity contribution in [3.63, 3.8) is 0 Å². The van der Waals surface area contributed by atoms with E-state index >= 15 is 0 Å². The van der Waals surface area contributed by atoms with Crippen molar-refractivity contribution in [2.24, 2.45) is 0 Å². The molecule has 3 aromatic carbocycles. The highest BCUT2D eigenvalue weighted by Gasteiger charge is 2.27. The van der Waals surface area contributed by atoms with Crippen molar-refractivity contribution in [3.8, 4) is 5.75 Å². The van der Waals surface area contributed by atoms with Crippen LogP contribution in [0.2, 0.25) is 0 Å². The average molecular weight is 560 g/mol. The lowest BCUT2D eigenvalue weighted by molar-refractivity contribution is -0.114. The van der Waals surface area contributed by atoms with Gasteiger partial charge in [0.25, 0.3) is 10.0 Å². The Balaban J connectivity index is 1.86. The monoisotopic (exact) mass is 559 g/mol. The number of carbonyl (C=O) groups is 1. The summed E-state index contributed by atoms with van der Waals surface area (Å²) in [5.41, 5.74) is 1.54. The van der Waals surface area contributed by atoms with Crippen molar-refractivity contribution in [2.75, 3.05) is 35.9 Å².